The molecular formula is C15H25N3O. The summed E-state index contributed by atoms with van der Waals surface area (Å²) in [4.78, 5) is 6.78. The molecule has 2 unspecified atom stereocenters. The summed E-state index contributed by atoms with van der Waals surface area (Å²) in [5.74, 6) is 0.936. The van der Waals surface area contributed by atoms with Gasteiger partial charge < -0.3 is 15.7 Å². The lowest BCUT2D eigenvalue weighted by atomic mass is 9.91. The van der Waals surface area contributed by atoms with E-state index in [4.69, 9.17) is 5.73 Å². The summed E-state index contributed by atoms with van der Waals surface area (Å²) in [6.07, 6.45) is 3.95. The molecule has 2 atom stereocenters. The number of hydrogen-bond acceptors (Lipinski definition) is 4. The van der Waals surface area contributed by atoms with Crippen LogP contribution in [0.3, 0.4) is 0 Å². The van der Waals surface area contributed by atoms with Crippen molar-refractivity contribution >= 4 is 5.82 Å². The second-order valence-electron chi connectivity index (χ2n) is 5.62. The molecule has 1 aliphatic rings. The highest BCUT2D eigenvalue weighted by molar-refractivity contribution is 5.52. The molecule has 106 valence electrons. The van der Waals surface area contributed by atoms with Gasteiger partial charge in [0.1, 0.15) is 5.82 Å². The van der Waals surface area contributed by atoms with Gasteiger partial charge in [-0.15, -0.1) is 0 Å². The molecule has 0 spiro atoms. The summed E-state index contributed by atoms with van der Waals surface area (Å²) >= 11 is 0. The van der Waals surface area contributed by atoms with Crippen LogP contribution in [0.4, 0.5) is 5.82 Å². The van der Waals surface area contributed by atoms with E-state index in [9.17, 15) is 5.11 Å². The summed E-state index contributed by atoms with van der Waals surface area (Å²) in [6, 6.07) is 2.23. The van der Waals surface area contributed by atoms with Gasteiger partial charge >= 0.3 is 0 Å². The van der Waals surface area contributed by atoms with Gasteiger partial charge in [-0.25, -0.2) is 4.98 Å². The number of aliphatic hydroxyl groups is 1. The number of aromatic nitrogens is 1. The summed E-state index contributed by atoms with van der Waals surface area (Å²) in [7, 11) is 2.03. The molecule has 0 bridgehead atoms. The lowest BCUT2D eigenvalue weighted by Crippen LogP contribution is -2.44. The van der Waals surface area contributed by atoms with Crippen molar-refractivity contribution in [3.63, 3.8) is 0 Å². The Bertz CT molecular complexity index is 447. The number of nitrogens with two attached hydrogens (primary N) is 1. The Kier molecular flexibility index (Phi) is 4.42. The van der Waals surface area contributed by atoms with Gasteiger partial charge in [0.25, 0.3) is 0 Å². The summed E-state index contributed by atoms with van der Waals surface area (Å²) in [6.45, 7) is 4.56. The fourth-order valence-electron chi connectivity index (χ4n) is 3.09. The van der Waals surface area contributed by atoms with E-state index in [-0.39, 0.29) is 12.1 Å². The van der Waals surface area contributed by atoms with Crippen LogP contribution in [-0.2, 0) is 6.54 Å². The van der Waals surface area contributed by atoms with Gasteiger partial charge in [-0.3, -0.25) is 0 Å². The third kappa shape index (κ3) is 2.90. The number of nitrogens with zero attached hydrogens (tertiary/aromatic N) is 2. The van der Waals surface area contributed by atoms with E-state index < -0.39 is 0 Å². The van der Waals surface area contributed by atoms with E-state index in [0.717, 1.165) is 36.3 Å². The molecule has 4 heteroatoms. The molecule has 19 heavy (non-hydrogen) atoms. The Labute approximate surface area is 115 Å². The highest BCUT2D eigenvalue weighted by Gasteiger charge is 2.28. The molecule has 2 rings (SSSR count). The number of pyridine rings is 1. The molecular weight excluding hydrogens is 238 g/mol. The van der Waals surface area contributed by atoms with Crippen molar-refractivity contribution in [2.75, 3.05) is 11.9 Å². The normalized spacial score (nSPS) is 23.4. The van der Waals surface area contributed by atoms with Crippen molar-refractivity contribution in [1.29, 1.82) is 0 Å². The first-order chi connectivity index (χ1) is 9.04. The highest BCUT2D eigenvalue weighted by atomic mass is 16.3. The zero-order valence-electron chi connectivity index (χ0n) is 12.2. The molecule has 1 heterocycles. The SMILES string of the molecule is Cc1cc(C)c(CN)c(N(C)C2CCCCC2O)n1. The molecule has 1 aromatic rings. The number of anilines is 1. The van der Waals surface area contributed by atoms with Gasteiger partial charge in [0.15, 0.2) is 0 Å². The maximum absolute atomic E-state index is 10.2. The molecule has 0 aliphatic heterocycles. The third-order valence-electron chi connectivity index (χ3n) is 4.18. The van der Waals surface area contributed by atoms with Crippen molar-refractivity contribution in [1.82, 2.24) is 4.98 Å². The fraction of sp³-hybridized carbons (Fsp3) is 0.667. The second kappa shape index (κ2) is 5.88. The van der Waals surface area contributed by atoms with Crippen molar-refractivity contribution < 1.29 is 5.11 Å². The lowest BCUT2D eigenvalue weighted by Gasteiger charge is -2.37. The van der Waals surface area contributed by atoms with Crippen molar-refractivity contribution in [2.45, 2.75) is 58.2 Å². The number of rotatable bonds is 3. The first kappa shape index (κ1) is 14.3. The molecule has 0 amide bonds. The van der Waals surface area contributed by atoms with Crippen molar-refractivity contribution in [2.24, 2.45) is 5.73 Å². The monoisotopic (exact) mass is 263 g/mol. The summed E-state index contributed by atoms with van der Waals surface area (Å²) < 4.78 is 0. The fourth-order valence-corrected chi connectivity index (χ4v) is 3.09. The van der Waals surface area contributed by atoms with E-state index in [2.05, 4.69) is 22.9 Å². The highest BCUT2D eigenvalue weighted by Crippen LogP contribution is 2.29. The van der Waals surface area contributed by atoms with Crippen molar-refractivity contribution in [3.8, 4) is 0 Å². The smallest absolute Gasteiger partial charge is 0.133 e. The van der Waals surface area contributed by atoms with Crippen LogP contribution in [0.15, 0.2) is 6.07 Å². The minimum Gasteiger partial charge on any atom is -0.391 e. The van der Waals surface area contributed by atoms with Crippen molar-refractivity contribution in [3.05, 3.63) is 22.9 Å². The van der Waals surface area contributed by atoms with Gasteiger partial charge in [-0.2, -0.15) is 0 Å². The van der Waals surface area contributed by atoms with Crippen LogP contribution < -0.4 is 10.6 Å². The van der Waals surface area contributed by atoms with Gasteiger partial charge in [0.05, 0.1) is 12.1 Å². The van der Waals surface area contributed by atoms with Crippen LogP contribution >= 0.6 is 0 Å². The number of aryl methyl sites for hydroxylation is 2. The molecule has 0 saturated heterocycles. The average molecular weight is 263 g/mol. The van der Waals surface area contributed by atoms with E-state index in [1.807, 2.05) is 14.0 Å². The minimum absolute atomic E-state index is 0.160. The minimum atomic E-state index is -0.257. The topological polar surface area (TPSA) is 62.4 Å². The molecule has 1 fully saturated rings. The summed E-state index contributed by atoms with van der Waals surface area (Å²) in [5.41, 5.74) is 9.15. The van der Waals surface area contributed by atoms with Crippen LogP contribution in [0.1, 0.15) is 42.5 Å². The first-order valence-corrected chi connectivity index (χ1v) is 7.12. The maximum Gasteiger partial charge on any atom is 0.133 e. The van der Waals surface area contributed by atoms with Gasteiger partial charge in [0.2, 0.25) is 0 Å². The molecule has 1 saturated carbocycles. The number of aliphatic hydroxyl groups excluding tert-OH is 1. The molecule has 1 aliphatic carbocycles. The van der Waals surface area contributed by atoms with Crippen LogP contribution in [0.25, 0.3) is 0 Å². The van der Waals surface area contributed by atoms with E-state index in [1.165, 1.54) is 12.0 Å². The predicted molar refractivity (Wildman–Crippen MR) is 78.3 cm³/mol. The zero-order valence-corrected chi connectivity index (χ0v) is 12.2. The lowest BCUT2D eigenvalue weighted by molar-refractivity contribution is 0.106. The molecule has 0 radical (unpaired) electrons. The molecule has 1 aromatic heterocycles. The van der Waals surface area contributed by atoms with Crippen LogP contribution in [-0.4, -0.2) is 29.3 Å². The molecule has 0 aromatic carbocycles. The summed E-state index contributed by atoms with van der Waals surface area (Å²) in [5, 5.41) is 10.2. The molecule has 4 nitrogen and oxygen atoms in total. The van der Waals surface area contributed by atoms with Gasteiger partial charge in [-0.05, 0) is 38.3 Å². The predicted octanol–water partition coefficient (Wildman–Crippen LogP) is 1.90. The Morgan fingerprint density at radius 1 is 1.37 bits per heavy atom. The van der Waals surface area contributed by atoms with Crippen LogP contribution in [0, 0.1) is 13.8 Å². The number of hydrogen-bond donors (Lipinski definition) is 2. The van der Waals surface area contributed by atoms with E-state index >= 15 is 0 Å². The average Bonchev–Trinajstić information content (AvgIpc) is 2.37. The first-order valence-electron chi connectivity index (χ1n) is 7.12. The van der Waals surface area contributed by atoms with Gasteiger partial charge in [-0.1, -0.05) is 12.8 Å². The maximum atomic E-state index is 10.2. The standard InChI is InChI=1S/C15H25N3O/c1-10-8-11(2)17-15(12(10)9-16)18(3)13-6-4-5-7-14(13)19/h8,13-14,19H,4-7,9,16H2,1-3H3. The van der Waals surface area contributed by atoms with Crippen LogP contribution in [0.2, 0.25) is 0 Å². The Hall–Kier alpha value is -1.13. The van der Waals surface area contributed by atoms with E-state index in [1.54, 1.807) is 0 Å². The van der Waals surface area contributed by atoms with Crippen LogP contribution in [0.5, 0.6) is 0 Å². The third-order valence-corrected chi connectivity index (χ3v) is 4.18. The quantitative estimate of drug-likeness (QED) is 0.874. The second-order valence-corrected chi connectivity index (χ2v) is 5.62. The Morgan fingerprint density at radius 2 is 2.05 bits per heavy atom. The Morgan fingerprint density at radius 3 is 2.68 bits per heavy atom. The Balaban J connectivity index is 2.34. The largest absolute Gasteiger partial charge is 0.391 e. The van der Waals surface area contributed by atoms with E-state index in [0.29, 0.717) is 6.54 Å². The van der Waals surface area contributed by atoms with Gasteiger partial charge in [0, 0.05) is 24.8 Å². The number of likely N-dealkylation sites (N-methyl/N-ethyl adjacent to an activating group) is 1. The molecule has 3 N–H and O–H groups in total. The zero-order chi connectivity index (χ0) is 14.0.